The molecule has 12 nitrogen and oxygen atoms in total. The topological polar surface area (TPSA) is 160 Å². The van der Waals surface area contributed by atoms with E-state index in [0.29, 0.717) is 19.6 Å². The largest absolute Gasteiger partial charge is 0.387 e. The van der Waals surface area contributed by atoms with Crippen LogP contribution in [0.2, 0.25) is 0 Å². The first kappa shape index (κ1) is 32.6. The molecule has 2 unspecified atom stereocenters. The van der Waals surface area contributed by atoms with Crippen LogP contribution in [0.15, 0.2) is 48.5 Å². The molecule has 0 saturated carbocycles. The van der Waals surface area contributed by atoms with Gasteiger partial charge in [0.15, 0.2) is 25.0 Å². The van der Waals surface area contributed by atoms with Crippen LogP contribution in [0, 0.1) is 0 Å². The fourth-order valence-corrected chi connectivity index (χ4v) is 6.33. The van der Waals surface area contributed by atoms with Gasteiger partial charge in [0.05, 0.1) is 13.2 Å². The van der Waals surface area contributed by atoms with E-state index >= 15 is 0 Å². The second-order valence-corrected chi connectivity index (χ2v) is 12.3. The molecule has 45 heavy (non-hydrogen) atoms. The van der Waals surface area contributed by atoms with E-state index in [0.717, 1.165) is 48.2 Å². The molecule has 248 valence electrons. The summed E-state index contributed by atoms with van der Waals surface area (Å²) in [5.41, 5.74) is 3.67. The van der Waals surface area contributed by atoms with Crippen LogP contribution in [0.5, 0.6) is 0 Å². The van der Waals surface area contributed by atoms with Crippen LogP contribution in [0.1, 0.15) is 50.7 Å². The fraction of sp³-hybridized carbons (Fsp3) is 0.636. The van der Waals surface area contributed by atoms with Crippen molar-refractivity contribution >= 4 is 11.4 Å². The zero-order valence-corrected chi connectivity index (χ0v) is 25.7. The third kappa shape index (κ3) is 7.46. The van der Waals surface area contributed by atoms with Crippen molar-refractivity contribution < 1.29 is 48.8 Å². The summed E-state index contributed by atoms with van der Waals surface area (Å²) < 4.78 is 35.2. The Morgan fingerprint density at radius 3 is 1.36 bits per heavy atom. The SMILES string of the molecule is CCCC1OC[C@H]2O[C@@H](Nc3ccc(Cc4ccc(N[C@@H]5O[C@@H]6COC(CCC)O[C@H]6[C@H](O)[C@H]5O)cc4)cc3)[C@H](O)[C@@H](O)[C@@H]2O1. The molecule has 4 saturated heterocycles. The number of hydrogen-bond donors (Lipinski definition) is 6. The summed E-state index contributed by atoms with van der Waals surface area (Å²) in [5, 5.41) is 49.3. The Kier molecular flexibility index (Phi) is 10.6. The summed E-state index contributed by atoms with van der Waals surface area (Å²) >= 11 is 0. The van der Waals surface area contributed by atoms with Gasteiger partial charge in [0.1, 0.15) is 48.8 Å². The van der Waals surface area contributed by atoms with Crippen LogP contribution in [0.4, 0.5) is 11.4 Å². The van der Waals surface area contributed by atoms with E-state index in [9.17, 15) is 20.4 Å². The summed E-state index contributed by atoms with van der Waals surface area (Å²) in [6, 6.07) is 15.6. The highest BCUT2D eigenvalue weighted by atomic mass is 16.7. The molecule has 0 radical (unpaired) electrons. The highest BCUT2D eigenvalue weighted by Gasteiger charge is 2.49. The minimum absolute atomic E-state index is 0.297. The van der Waals surface area contributed by atoms with Gasteiger partial charge in [0, 0.05) is 11.4 Å². The monoisotopic (exact) mass is 630 g/mol. The minimum Gasteiger partial charge on any atom is -0.387 e. The molecule has 6 N–H and O–H groups in total. The van der Waals surface area contributed by atoms with E-state index in [1.54, 1.807) is 0 Å². The number of aliphatic hydroxyl groups excluding tert-OH is 4. The van der Waals surface area contributed by atoms with E-state index in [-0.39, 0.29) is 0 Å². The van der Waals surface area contributed by atoms with Gasteiger partial charge in [-0.3, -0.25) is 0 Å². The lowest BCUT2D eigenvalue weighted by atomic mass is 9.97. The van der Waals surface area contributed by atoms with Crippen molar-refractivity contribution in [1.82, 2.24) is 0 Å². The van der Waals surface area contributed by atoms with Gasteiger partial charge in [0.2, 0.25) is 0 Å². The lowest BCUT2D eigenvalue weighted by Crippen LogP contribution is -2.64. The Morgan fingerprint density at radius 1 is 0.578 bits per heavy atom. The lowest BCUT2D eigenvalue weighted by Gasteiger charge is -2.46. The van der Waals surface area contributed by atoms with Gasteiger partial charge in [-0.1, -0.05) is 51.0 Å². The molecule has 0 aliphatic carbocycles. The lowest BCUT2D eigenvalue weighted by molar-refractivity contribution is -0.322. The summed E-state index contributed by atoms with van der Waals surface area (Å²) in [6.45, 7) is 4.66. The van der Waals surface area contributed by atoms with Crippen LogP contribution in [-0.2, 0) is 34.8 Å². The molecule has 0 bridgehead atoms. The second-order valence-electron chi connectivity index (χ2n) is 12.3. The minimum atomic E-state index is -1.16. The average Bonchev–Trinajstić information content (AvgIpc) is 3.05. The Morgan fingerprint density at radius 2 is 0.978 bits per heavy atom. The Labute approximate surface area is 263 Å². The van der Waals surface area contributed by atoms with E-state index in [1.165, 1.54) is 0 Å². The summed E-state index contributed by atoms with van der Waals surface area (Å²) in [4.78, 5) is 0. The predicted molar refractivity (Wildman–Crippen MR) is 163 cm³/mol. The number of hydrogen-bond acceptors (Lipinski definition) is 12. The normalized spacial score (nSPS) is 38.2. The van der Waals surface area contributed by atoms with Gasteiger partial charge in [0.25, 0.3) is 0 Å². The number of anilines is 2. The van der Waals surface area contributed by atoms with Gasteiger partial charge >= 0.3 is 0 Å². The smallest absolute Gasteiger partial charge is 0.158 e. The van der Waals surface area contributed by atoms with Crippen LogP contribution >= 0.6 is 0 Å². The van der Waals surface area contributed by atoms with Crippen molar-refractivity contribution in [3.05, 3.63) is 59.7 Å². The number of benzene rings is 2. The standard InChI is InChI=1S/C33H46N2O10/c1-3-5-24-40-16-22-30(44-24)26(36)28(38)32(42-22)34-20-11-7-18(8-12-20)15-19-9-13-21(14-10-19)35-33-29(39)27(37)31-23(43-33)17-41-25(45-31)6-4-2/h7-14,22-39H,3-6,15-17H2,1-2H3/t22-,23-,24?,25?,26-,27-,28-,29-,30-,31-,32-,33-/m1/s1. The third-order valence-corrected chi connectivity index (χ3v) is 8.86. The highest BCUT2D eigenvalue weighted by Crippen LogP contribution is 2.32. The molecule has 4 aliphatic rings. The molecule has 6 rings (SSSR count). The first-order chi connectivity index (χ1) is 21.8. The molecule has 0 aromatic heterocycles. The molecule has 4 heterocycles. The van der Waals surface area contributed by atoms with Gasteiger partial charge in [-0.15, -0.1) is 0 Å². The van der Waals surface area contributed by atoms with Crippen molar-refractivity contribution in [2.45, 2.75) is 120 Å². The van der Waals surface area contributed by atoms with E-state index < -0.39 is 73.9 Å². The van der Waals surface area contributed by atoms with Crippen LogP contribution in [0.25, 0.3) is 0 Å². The first-order valence-corrected chi connectivity index (χ1v) is 16.1. The van der Waals surface area contributed by atoms with Gasteiger partial charge in [-0.2, -0.15) is 0 Å². The molecule has 4 fully saturated rings. The number of aliphatic hydroxyl groups is 4. The van der Waals surface area contributed by atoms with Crippen molar-refractivity contribution in [1.29, 1.82) is 0 Å². The maximum absolute atomic E-state index is 10.7. The van der Waals surface area contributed by atoms with Crippen molar-refractivity contribution in [3.63, 3.8) is 0 Å². The van der Waals surface area contributed by atoms with E-state index in [4.69, 9.17) is 28.4 Å². The summed E-state index contributed by atoms with van der Waals surface area (Å²) in [6.07, 6.45) is -5.22. The molecule has 2 aromatic rings. The zero-order chi connectivity index (χ0) is 31.5. The fourth-order valence-electron chi connectivity index (χ4n) is 6.33. The van der Waals surface area contributed by atoms with Gasteiger partial charge in [-0.25, -0.2) is 0 Å². The first-order valence-electron chi connectivity index (χ1n) is 16.1. The third-order valence-electron chi connectivity index (χ3n) is 8.86. The number of ether oxygens (including phenoxy) is 6. The number of rotatable bonds is 10. The van der Waals surface area contributed by atoms with Crippen LogP contribution in [0.3, 0.4) is 0 Å². The summed E-state index contributed by atoms with van der Waals surface area (Å²) in [5.74, 6) is 0. The van der Waals surface area contributed by atoms with E-state index in [2.05, 4.69) is 10.6 Å². The average molecular weight is 631 g/mol. The maximum Gasteiger partial charge on any atom is 0.158 e. The molecule has 12 heteroatoms. The zero-order valence-electron chi connectivity index (χ0n) is 25.7. The second kappa shape index (κ2) is 14.6. The molecule has 2 aromatic carbocycles. The summed E-state index contributed by atoms with van der Waals surface area (Å²) in [7, 11) is 0. The Hall–Kier alpha value is -2.36. The molecule has 0 amide bonds. The van der Waals surface area contributed by atoms with Gasteiger partial charge < -0.3 is 59.5 Å². The molecule has 4 aliphatic heterocycles. The molecule has 12 atom stereocenters. The highest BCUT2D eigenvalue weighted by molar-refractivity contribution is 5.48. The van der Waals surface area contributed by atoms with Crippen molar-refractivity contribution in [2.75, 3.05) is 23.8 Å². The Balaban J connectivity index is 0.996. The maximum atomic E-state index is 10.7. The molecular weight excluding hydrogens is 584 g/mol. The molecular formula is C33H46N2O10. The van der Waals surface area contributed by atoms with Crippen LogP contribution in [-0.4, -0.2) is 108 Å². The van der Waals surface area contributed by atoms with Gasteiger partial charge in [-0.05, 0) is 54.7 Å². The quantitative estimate of drug-likeness (QED) is 0.227. The molecule has 0 spiro atoms. The number of fused-ring (bicyclic) bond motifs is 2. The van der Waals surface area contributed by atoms with Crippen LogP contribution < -0.4 is 10.6 Å². The van der Waals surface area contributed by atoms with E-state index in [1.807, 2.05) is 62.4 Å². The number of nitrogens with one attached hydrogen (secondary N) is 2. The Bertz CT molecular complexity index is 1120. The van der Waals surface area contributed by atoms with Crippen molar-refractivity contribution in [2.24, 2.45) is 0 Å². The predicted octanol–water partition coefficient (Wildman–Crippen LogP) is 2.08. The van der Waals surface area contributed by atoms with Crippen molar-refractivity contribution in [3.8, 4) is 0 Å².